The summed E-state index contributed by atoms with van der Waals surface area (Å²) in [5, 5.41) is 13.9. The van der Waals surface area contributed by atoms with Gasteiger partial charge in [-0.1, -0.05) is 52.5 Å². The molecule has 0 saturated heterocycles. The first-order valence-corrected chi connectivity index (χ1v) is 13.7. The normalized spacial score (nSPS) is 14.5. The second-order valence-corrected chi connectivity index (χ2v) is 15.8. The van der Waals surface area contributed by atoms with Gasteiger partial charge in [0.15, 0.2) is 5.82 Å². The zero-order valence-corrected chi connectivity index (χ0v) is 19.7. The predicted octanol–water partition coefficient (Wildman–Crippen LogP) is 4.07. The molecule has 166 valence electrons. The van der Waals surface area contributed by atoms with Gasteiger partial charge < -0.3 is 15.6 Å². The van der Waals surface area contributed by atoms with Crippen LogP contribution in [-0.2, 0) is 21.8 Å². The van der Waals surface area contributed by atoms with E-state index in [9.17, 15) is 9.90 Å². The Hall–Kier alpha value is -2.10. The Kier molecular flexibility index (Phi) is 7.21. The van der Waals surface area contributed by atoms with E-state index in [0.717, 1.165) is 6.04 Å². The van der Waals surface area contributed by atoms with Crippen LogP contribution in [-0.4, -0.2) is 40.5 Å². The summed E-state index contributed by atoms with van der Waals surface area (Å²) in [6.07, 6.45) is 1.47. The van der Waals surface area contributed by atoms with Crippen LogP contribution in [0.2, 0.25) is 25.7 Å². The maximum Gasteiger partial charge on any atom is 0.328 e. The summed E-state index contributed by atoms with van der Waals surface area (Å²) in [6, 6.07) is 5.33. The van der Waals surface area contributed by atoms with E-state index in [0.29, 0.717) is 18.0 Å². The summed E-state index contributed by atoms with van der Waals surface area (Å²) >= 11 is 0. The lowest BCUT2D eigenvalue weighted by molar-refractivity contribution is -0.145. The minimum absolute atomic E-state index is 0.0499. The Morgan fingerprint density at radius 3 is 2.50 bits per heavy atom. The van der Waals surface area contributed by atoms with Crippen molar-refractivity contribution in [2.24, 2.45) is 11.1 Å². The van der Waals surface area contributed by atoms with Crippen LogP contribution in [0.25, 0.3) is 11.4 Å². The Balaban J connectivity index is 2.26. The van der Waals surface area contributed by atoms with E-state index in [-0.39, 0.29) is 18.7 Å². The molecule has 3 N–H and O–H groups in total. The lowest BCUT2D eigenvalue weighted by Crippen LogP contribution is -2.48. The van der Waals surface area contributed by atoms with Gasteiger partial charge in [-0.05, 0) is 23.9 Å². The highest BCUT2D eigenvalue weighted by Crippen LogP contribution is 2.35. The van der Waals surface area contributed by atoms with Gasteiger partial charge in [0.1, 0.15) is 24.4 Å². The predicted molar refractivity (Wildman–Crippen MR) is 117 cm³/mol. The quantitative estimate of drug-likeness (QED) is 0.454. The molecule has 2 rings (SSSR count). The van der Waals surface area contributed by atoms with Crippen LogP contribution in [0.5, 0.6) is 0 Å². The van der Waals surface area contributed by atoms with E-state index < -0.39 is 30.8 Å². The topological polar surface area (TPSA) is 103 Å². The molecule has 0 spiro atoms. The van der Waals surface area contributed by atoms with Crippen LogP contribution < -0.4 is 5.73 Å². The molecule has 7 nitrogen and oxygen atoms in total. The van der Waals surface area contributed by atoms with Gasteiger partial charge in [-0.25, -0.2) is 18.9 Å². The van der Waals surface area contributed by atoms with Crippen LogP contribution in [0, 0.1) is 11.2 Å². The fourth-order valence-electron chi connectivity index (χ4n) is 3.25. The minimum Gasteiger partial charge on any atom is -0.480 e. The summed E-state index contributed by atoms with van der Waals surface area (Å²) in [6.45, 7) is 13.3. The molecule has 2 aromatic rings. The summed E-state index contributed by atoms with van der Waals surface area (Å²) < 4.78 is 22.3. The SMILES string of the molecule is CC(C)(C)CC(N)(C(=O)O)c1ccc(-c2ncnn2COCC[Si](C)(C)C)cc1F. The van der Waals surface area contributed by atoms with Gasteiger partial charge in [-0.2, -0.15) is 5.10 Å². The molecule has 30 heavy (non-hydrogen) atoms. The number of nitrogens with two attached hydrogens (primary N) is 1. The van der Waals surface area contributed by atoms with E-state index in [4.69, 9.17) is 10.5 Å². The highest BCUT2D eigenvalue weighted by atomic mass is 28.3. The third-order valence-electron chi connectivity index (χ3n) is 4.72. The van der Waals surface area contributed by atoms with Crippen LogP contribution in [0.1, 0.15) is 32.8 Å². The third kappa shape index (κ3) is 6.20. The smallest absolute Gasteiger partial charge is 0.328 e. The molecule has 1 unspecified atom stereocenters. The maximum atomic E-state index is 15.0. The van der Waals surface area contributed by atoms with Gasteiger partial charge in [0.2, 0.25) is 0 Å². The Morgan fingerprint density at radius 2 is 1.97 bits per heavy atom. The van der Waals surface area contributed by atoms with Gasteiger partial charge >= 0.3 is 5.97 Å². The zero-order valence-electron chi connectivity index (χ0n) is 18.7. The molecule has 1 aromatic heterocycles. The van der Waals surface area contributed by atoms with E-state index in [1.165, 1.54) is 18.5 Å². The number of halogens is 1. The largest absolute Gasteiger partial charge is 0.480 e. The number of ether oxygens (including phenoxy) is 1. The highest BCUT2D eigenvalue weighted by Gasteiger charge is 2.41. The Labute approximate surface area is 178 Å². The van der Waals surface area contributed by atoms with Crippen molar-refractivity contribution in [1.82, 2.24) is 14.8 Å². The first-order chi connectivity index (χ1) is 13.7. The molecular weight excluding hydrogens is 403 g/mol. The van der Waals surface area contributed by atoms with Crippen molar-refractivity contribution in [3.05, 3.63) is 35.9 Å². The molecule has 0 amide bonds. The number of aliphatic carboxylic acids is 1. The summed E-state index contributed by atoms with van der Waals surface area (Å²) in [5.74, 6) is -1.50. The van der Waals surface area contributed by atoms with Crippen molar-refractivity contribution in [3.63, 3.8) is 0 Å². The fourth-order valence-corrected chi connectivity index (χ4v) is 4.01. The average Bonchev–Trinajstić information content (AvgIpc) is 3.04. The number of aromatic nitrogens is 3. The number of carboxylic acid groups (broad SMARTS) is 1. The van der Waals surface area contributed by atoms with Gasteiger partial charge in [0, 0.05) is 25.8 Å². The minimum atomic E-state index is -1.82. The molecule has 1 atom stereocenters. The molecule has 0 aliphatic heterocycles. The van der Waals surface area contributed by atoms with Crippen LogP contribution in [0.15, 0.2) is 24.5 Å². The standard InChI is InChI=1S/C21H33FN4O3Si/c1-20(2,3)12-21(23,19(27)28)16-8-7-15(11-17(16)22)18-24-13-25-26(18)14-29-9-10-30(4,5)6/h7-8,11,13H,9-10,12,14,23H2,1-6H3,(H,27,28). The van der Waals surface area contributed by atoms with Crippen molar-refractivity contribution in [2.75, 3.05) is 6.61 Å². The number of rotatable bonds is 9. The fraction of sp³-hybridized carbons (Fsp3) is 0.571. The van der Waals surface area contributed by atoms with Gasteiger partial charge in [-0.3, -0.25) is 0 Å². The first-order valence-electron chi connectivity index (χ1n) is 10.0. The summed E-state index contributed by atoms with van der Waals surface area (Å²) in [4.78, 5) is 16.1. The number of benzene rings is 1. The van der Waals surface area contributed by atoms with Crippen LogP contribution in [0.3, 0.4) is 0 Å². The number of hydrogen-bond acceptors (Lipinski definition) is 5. The number of carbonyl (C=O) groups is 1. The average molecular weight is 437 g/mol. The van der Waals surface area contributed by atoms with Gasteiger partial charge in [0.05, 0.1) is 0 Å². The molecule has 0 radical (unpaired) electrons. The van der Waals surface area contributed by atoms with Gasteiger partial charge in [0.25, 0.3) is 0 Å². The van der Waals surface area contributed by atoms with Crippen LogP contribution in [0.4, 0.5) is 4.39 Å². The second-order valence-electron chi connectivity index (χ2n) is 10.1. The Bertz CT molecular complexity index is 889. The number of hydrogen-bond donors (Lipinski definition) is 2. The van der Waals surface area contributed by atoms with Crippen molar-refractivity contribution in [2.45, 2.75) is 65.1 Å². The van der Waals surface area contributed by atoms with Crippen molar-refractivity contribution < 1.29 is 19.0 Å². The van der Waals surface area contributed by atoms with Crippen molar-refractivity contribution in [3.8, 4) is 11.4 Å². The molecular formula is C21H33FN4O3Si. The van der Waals surface area contributed by atoms with E-state index in [2.05, 4.69) is 29.7 Å². The van der Waals surface area contributed by atoms with Crippen molar-refractivity contribution >= 4 is 14.0 Å². The molecule has 9 heteroatoms. The molecule has 0 fully saturated rings. The third-order valence-corrected chi connectivity index (χ3v) is 6.43. The molecule has 1 aromatic carbocycles. The lowest BCUT2D eigenvalue weighted by atomic mass is 9.76. The lowest BCUT2D eigenvalue weighted by Gasteiger charge is -2.32. The molecule has 0 aliphatic carbocycles. The van der Waals surface area contributed by atoms with Crippen molar-refractivity contribution in [1.29, 1.82) is 0 Å². The second kappa shape index (κ2) is 8.95. The van der Waals surface area contributed by atoms with E-state index in [1.807, 2.05) is 20.8 Å². The number of carboxylic acids is 1. The molecule has 0 bridgehead atoms. The first kappa shape index (κ1) is 24.2. The molecule has 0 aliphatic rings. The summed E-state index contributed by atoms with van der Waals surface area (Å²) in [7, 11) is -1.19. The van der Waals surface area contributed by atoms with E-state index in [1.54, 1.807) is 10.7 Å². The highest BCUT2D eigenvalue weighted by molar-refractivity contribution is 6.76. The Morgan fingerprint density at radius 1 is 1.30 bits per heavy atom. The van der Waals surface area contributed by atoms with Crippen LogP contribution >= 0.6 is 0 Å². The maximum absolute atomic E-state index is 15.0. The van der Waals surface area contributed by atoms with E-state index >= 15 is 4.39 Å². The zero-order chi connectivity index (χ0) is 22.7. The molecule has 0 saturated carbocycles. The number of nitrogens with zero attached hydrogens (tertiary/aromatic N) is 3. The monoisotopic (exact) mass is 436 g/mol. The molecule has 1 heterocycles. The summed E-state index contributed by atoms with van der Waals surface area (Å²) in [5.41, 5.74) is 4.38. The van der Waals surface area contributed by atoms with Gasteiger partial charge in [-0.15, -0.1) is 0 Å².